The van der Waals surface area contributed by atoms with E-state index in [1.54, 1.807) is 10.9 Å². The second-order valence-electron chi connectivity index (χ2n) is 7.53. The summed E-state index contributed by atoms with van der Waals surface area (Å²) in [5, 5.41) is 10.3. The van der Waals surface area contributed by atoms with E-state index in [0.717, 1.165) is 35.1 Å². The Bertz CT molecular complexity index is 1070. The predicted molar refractivity (Wildman–Crippen MR) is 123 cm³/mol. The van der Waals surface area contributed by atoms with Gasteiger partial charge in [-0.2, -0.15) is 8.42 Å². The highest BCUT2D eigenvalue weighted by Gasteiger charge is 2.11. The number of aryl methyl sites for hydroxylation is 1. The second kappa shape index (κ2) is 12.5. The summed E-state index contributed by atoms with van der Waals surface area (Å²) in [7, 11) is -3.58. The number of hydrogen-bond donors (Lipinski definition) is 0. The van der Waals surface area contributed by atoms with Crippen molar-refractivity contribution < 1.29 is 22.1 Å². The van der Waals surface area contributed by atoms with Crippen LogP contribution in [0.3, 0.4) is 0 Å². The molecule has 0 aliphatic carbocycles. The number of nitrogens with zero attached hydrogens (tertiary/aromatic N) is 3. The number of ether oxygens (including phenoxy) is 2. The van der Waals surface area contributed by atoms with Gasteiger partial charge in [-0.25, -0.2) is 0 Å². The van der Waals surface area contributed by atoms with E-state index in [1.165, 1.54) is 0 Å². The predicted octanol–water partition coefficient (Wildman–Crippen LogP) is 3.95. The van der Waals surface area contributed by atoms with E-state index in [4.69, 9.17) is 13.7 Å². The van der Waals surface area contributed by atoms with E-state index in [1.807, 2.05) is 42.5 Å². The van der Waals surface area contributed by atoms with Gasteiger partial charge in [-0.05, 0) is 35.7 Å². The molecule has 1 aromatic heterocycles. The third kappa shape index (κ3) is 8.22. The normalized spacial score (nSPS) is 11.8. The fraction of sp³-hybridized carbons (Fsp3) is 0.478. The Hall–Kier alpha value is -2.49. The highest BCUT2D eigenvalue weighted by atomic mass is 32.2. The number of aromatic nitrogens is 3. The molecule has 3 aromatic rings. The Morgan fingerprint density at radius 2 is 1.81 bits per heavy atom. The molecule has 0 unspecified atom stereocenters. The van der Waals surface area contributed by atoms with E-state index < -0.39 is 10.1 Å². The first-order chi connectivity index (χ1) is 15.6. The van der Waals surface area contributed by atoms with Crippen LogP contribution in [-0.2, 0) is 32.2 Å². The lowest BCUT2D eigenvalue weighted by Crippen LogP contribution is -2.15. The van der Waals surface area contributed by atoms with Crippen LogP contribution in [0.4, 0.5) is 0 Å². The Morgan fingerprint density at radius 3 is 2.66 bits per heavy atom. The minimum absolute atomic E-state index is 0.0687. The summed E-state index contributed by atoms with van der Waals surface area (Å²) in [5.74, 6) is 0.690. The van der Waals surface area contributed by atoms with Crippen LogP contribution < -0.4 is 4.74 Å². The maximum absolute atomic E-state index is 12.1. The van der Waals surface area contributed by atoms with Crippen molar-refractivity contribution in [3.63, 3.8) is 0 Å². The molecule has 0 bridgehead atoms. The van der Waals surface area contributed by atoms with E-state index in [9.17, 15) is 8.42 Å². The standard InChI is InChI=1S/C23H31N3O5S/c1-2-3-13-29-19-22-18-26(25-24-22)12-6-16-32(27,28)31-15-7-14-30-23-11-10-20-8-4-5-9-21(20)17-23/h4-5,8-11,17-18H,2-3,6-7,12-16,19H2,1H3. The molecule has 0 amide bonds. The Labute approximate surface area is 189 Å². The van der Waals surface area contributed by atoms with Gasteiger partial charge < -0.3 is 9.47 Å². The van der Waals surface area contributed by atoms with Gasteiger partial charge in [0.1, 0.15) is 11.4 Å². The third-order valence-corrected chi connectivity index (χ3v) is 6.12. The molecule has 0 atom stereocenters. The van der Waals surface area contributed by atoms with E-state index in [-0.39, 0.29) is 12.4 Å². The first-order valence-electron chi connectivity index (χ1n) is 11.0. The summed E-state index contributed by atoms with van der Waals surface area (Å²) in [6.07, 6.45) is 4.76. The van der Waals surface area contributed by atoms with Crippen molar-refractivity contribution in [2.24, 2.45) is 0 Å². The highest BCUT2D eigenvalue weighted by molar-refractivity contribution is 7.86. The summed E-state index contributed by atoms with van der Waals surface area (Å²) in [4.78, 5) is 0. The molecule has 0 radical (unpaired) electrons. The molecule has 0 fully saturated rings. The van der Waals surface area contributed by atoms with Gasteiger partial charge in [0.05, 0.1) is 31.8 Å². The van der Waals surface area contributed by atoms with Crippen molar-refractivity contribution >= 4 is 20.9 Å². The molecule has 0 saturated heterocycles. The maximum Gasteiger partial charge on any atom is 0.267 e. The molecule has 0 N–H and O–H groups in total. The number of unbranched alkanes of at least 4 members (excludes halogenated alkanes) is 1. The molecule has 32 heavy (non-hydrogen) atoms. The zero-order valence-corrected chi connectivity index (χ0v) is 19.3. The van der Waals surface area contributed by atoms with Gasteiger partial charge in [-0.15, -0.1) is 5.10 Å². The topological polar surface area (TPSA) is 92.5 Å². The lowest BCUT2D eigenvalue weighted by atomic mass is 10.1. The SMILES string of the molecule is CCCCOCc1cn(CCCS(=O)(=O)OCCCOc2ccc3ccccc3c2)nn1. The quantitative estimate of drug-likeness (QED) is 0.250. The molecule has 2 aromatic carbocycles. The molecular formula is C23H31N3O5S. The van der Waals surface area contributed by atoms with Gasteiger partial charge in [0.15, 0.2) is 0 Å². The van der Waals surface area contributed by atoms with Crippen molar-refractivity contribution in [1.29, 1.82) is 0 Å². The van der Waals surface area contributed by atoms with Gasteiger partial charge in [0.25, 0.3) is 10.1 Å². The maximum atomic E-state index is 12.1. The van der Waals surface area contributed by atoms with Gasteiger partial charge in [-0.1, -0.05) is 48.9 Å². The molecule has 174 valence electrons. The van der Waals surface area contributed by atoms with E-state index in [2.05, 4.69) is 17.2 Å². The average molecular weight is 462 g/mol. The molecule has 0 saturated carbocycles. The van der Waals surface area contributed by atoms with Crippen LogP contribution in [0, 0.1) is 0 Å². The lowest BCUT2D eigenvalue weighted by molar-refractivity contribution is 0.115. The molecule has 0 aliphatic heterocycles. The van der Waals surface area contributed by atoms with Crippen molar-refractivity contribution in [2.45, 2.75) is 45.8 Å². The largest absolute Gasteiger partial charge is 0.493 e. The molecule has 9 heteroatoms. The van der Waals surface area contributed by atoms with Crippen LogP contribution in [0.15, 0.2) is 48.7 Å². The summed E-state index contributed by atoms with van der Waals surface area (Å²) >= 11 is 0. The highest BCUT2D eigenvalue weighted by Crippen LogP contribution is 2.20. The van der Waals surface area contributed by atoms with Crippen LogP contribution in [0.1, 0.15) is 38.3 Å². The van der Waals surface area contributed by atoms with E-state index >= 15 is 0 Å². The molecule has 3 rings (SSSR count). The fourth-order valence-electron chi connectivity index (χ4n) is 3.09. The molecule has 0 aliphatic rings. The average Bonchev–Trinajstić information content (AvgIpc) is 3.24. The Kier molecular flexibility index (Phi) is 9.45. The zero-order valence-electron chi connectivity index (χ0n) is 18.5. The summed E-state index contributed by atoms with van der Waals surface area (Å²) in [5.41, 5.74) is 0.742. The summed E-state index contributed by atoms with van der Waals surface area (Å²) in [6, 6.07) is 13.9. The monoisotopic (exact) mass is 461 g/mol. The number of benzene rings is 2. The lowest BCUT2D eigenvalue weighted by Gasteiger charge is -2.08. The molecular weight excluding hydrogens is 430 g/mol. The minimum atomic E-state index is -3.58. The third-order valence-electron chi connectivity index (χ3n) is 4.80. The zero-order chi connectivity index (χ0) is 22.7. The van der Waals surface area contributed by atoms with Crippen LogP contribution in [-0.4, -0.2) is 49.0 Å². The number of fused-ring (bicyclic) bond motifs is 1. The van der Waals surface area contributed by atoms with Crippen LogP contribution in [0.25, 0.3) is 10.8 Å². The van der Waals surface area contributed by atoms with Crippen LogP contribution >= 0.6 is 0 Å². The van der Waals surface area contributed by atoms with Gasteiger partial charge in [0, 0.05) is 19.6 Å². The Balaban J connectivity index is 1.29. The molecule has 1 heterocycles. The van der Waals surface area contributed by atoms with Crippen molar-refractivity contribution in [3.8, 4) is 5.75 Å². The van der Waals surface area contributed by atoms with Crippen molar-refractivity contribution in [2.75, 3.05) is 25.6 Å². The first kappa shape index (κ1) is 24.2. The van der Waals surface area contributed by atoms with Gasteiger partial charge in [0.2, 0.25) is 0 Å². The number of hydrogen-bond acceptors (Lipinski definition) is 7. The van der Waals surface area contributed by atoms with Crippen LogP contribution in [0.2, 0.25) is 0 Å². The molecule has 0 spiro atoms. The van der Waals surface area contributed by atoms with E-state index in [0.29, 0.717) is 39.2 Å². The fourth-order valence-corrected chi connectivity index (χ4v) is 4.06. The second-order valence-corrected chi connectivity index (χ2v) is 9.29. The molecule has 8 nitrogen and oxygen atoms in total. The van der Waals surface area contributed by atoms with Crippen LogP contribution in [0.5, 0.6) is 5.75 Å². The van der Waals surface area contributed by atoms with Gasteiger partial charge >= 0.3 is 0 Å². The minimum Gasteiger partial charge on any atom is -0.493 e. The Morgan fingerprint density at radius 1 is 0.969 bits per heavy atom. The summed E-state index contributed by atoms with van der Waals surface area (Å²) < 4.78 is 42.1. The van der Waals surface area contributed by atoms with Crippen molar-refractivity contribution in [3.05, 3.63) is 54.4 Å². The smallest absolute Gasteiger partial charge is 0.267 e. The number of rotatable bonds is 15. The van der Waals surface area contributed by atoms with Gasteiger partial charge in [-0.3, -0.25) is 8.86 Å². The van der Waals surface area contributed by atoms with Crippen molar-refractivity contribution in [1.82, 2.24) is 15.0 Å². The summed E-state index contributed by atoms with van der Waals surface area (Å²) in [6.45, 7) is 4.16. The first-order valence-corrected chi connectivity index (χ1v) is 12.6.